The van der Waals surface area contributed by atoms with Crippen LogP contribution >= 0.6 is 0 Å². The van der Waals surface area contributed by atoms with Gasteiger partial charge in [0.05, 0.1) is 11.8 Å². The minimum atomic E-state index is -3.59. The molecule has 0 saturated carbocycles. The summed E-state index contributed by atoms with van der Waals surface area (Å²) in [6, 6.07) is 16.9. The monoisotopic (exact) mass is 502 g/mol. The number of hydrogen-bond donors (Lipinski definition) is 3. The molecule has 2 aromatic carbocycles. The van der Waals surface area contributed by atoms with Gasteiger partial charge in [0.1, 0.15) is 12.1 Å². The third kappa shape index (κ3) is 10.5. The Balaban J connectivity index is 2.19. The van der Waals surface area contributed by atoms with Crippen molar-refractivity contribution in [1.82, 2.24) is 10.0 Å². The summed E-state index contributed by atoms with van der Waals surface area (Å²) in [5, 5.41) is 14.1. The summed E-state index contributed by atoms with van der Waals surface area (Å²) in [4.78, 5) is 13.4. The zero-order valence-corrected chi connectivity index (χ0v) is 22.0. The molecule has 0 aliphatic heterocycles. The van der Waals surface area contributed by atoms with Crippen LogP contribution in [0.3, 0.4) is 0 Å². The van der Waals surface area contributed by atoms with Crippen LogP contribution in [0.15, 0.2) is 60.7 Å². The molecule has 0 aliphatic rings. The molecule has 6 nitrogen and oxygen atoms in total. The first-order valence-corrected chi connectivity index (χ1v) is 14.6. The molecule has 7 heteroatoms. The van der Waals surface area contributed by atoms with E-state index in [-0.39, 0.29) is 5.75 Å². The summed E-state index contributed by atoms with van der Waals surface area (Å²) in [7, 11) is -3.59. The van der Waals surface area contributed by atoms with Crippen molar-refractivity contribution >= 4 is 15.9 Å². The van der Waals surface area contributed by atoms with Crippen molar-refractivity contribution in [2.45, 2.75) is 89.8 Å². The molecule has 0 saturated heterocycles. The smallest absolute Gasteiger partial charge is 0.238 e. The molecule has 0 aromatic heterocycles. The van der Waals surface area contributed by atoms with Crippen LogP contribution < -0.4 is 10.0 Å². The van der Waals surface area contributed by atoms with E-state index in [0.29, 0.717) is 18.4 Å². The van der Waals surface area contributed by atoms with Crippen molar-refractivity contribution in [1.29, 1.82) is 0 Å². The highest BCUT2D eigenvalue weighted by Gasteiger charge is 2.30. The normalized spacial score (nSPS) is 14.3. The molecule has 0 bridgehead atoms. The molecule has 0 spiro atoms. The third-order valence-electron chi connectivity index (χ3n) is 6.16. The summed E-state index contributed by atoms with van der Waals surface area (Å²) in [5.41, 5.74) is 1.43. The first-order chi connectivity index (χ1) is 16.9. The molecule has 2 aromatic rings. The van der Waals surface area contributed by atoms with Gasteiger partial charge in [0.2, 0.25) is 15.9 Å². The molecule has 3 N–H and O–H groups in total. The molecule has 0 aliphatic carbocycles. The predicted octanol–water partition coefficient (Wildman–Crippen LogP) is 5.42. The van der Waals surface area contributed by atoms with Crippen molar-refractivity contribution in [2.24, 2.45) is 0 Å². The molecule has 35 heavy (non-hydrogen) atoms. The van der Waals surface area contributed by atoms with Gasteiger partial charge in [-0.25, -0.2) is 13.1 Å². The van der Waals surface area contributed by atoms with Crippen LogP contribution in [0.2, 0.25) is 0 Å². The summed E-state index contributed by atoms with van der Waals surface area (Å²) in [6.07, 6.45) is 7.02. The van der Waals surface area contributed by atoms with Gasteiger partial charge in [-0.2, -0.15) is 0 Å². The summed E-state index contributed by atoms with van der Waals surface area (Å²) < 4.78 is 27.9. The van der Waals surface area contributed by atoms with Gasteiger partial charge in [0, 0.05) is 0 Å². The van der Waals surface area contributed by atoms with Gasteiger partial charge >= 0.3 is 0 Å². The number of amides is 1. The highest BCUT2D eigenvalue weighted by molar-refractivity contribution is 7.89. The molecule has 2 rings (SSSR count). The standard InChI is InChI=1S/C28H42N2O4S/c1-3-5-7-8-9-16-21-25(30-35(33,34)22-6-4-2)28(32)29-26(23-17-12-10-13-18-23)27(31)24-19-14-11-15-20-24/h10-15,17-20,25-27,30-31H,3-9,16,21-22H2,1-2H3,(H,29,32). The maximum absolute atomic E-state index is 13.4. The number of sulfonamides is 1. The average molecular weight is 503 g/mol. The van der Waals surface area contributed by atoms with E-state index in [9.17, 15) is 18.3 Å². The fourth-order valence-electron chi connectivity index (χ4n) is 4.08. The quantitative estimate of drug-likeness (QED) is 0.252. The lowest BCUT2D eigenvalue weighted by molar-refractivity contribution is -0.124. The van der Waals surface area contributed by atoms with Gasteiger partial charge in [0.15, 0.2) is 0 Å². The van der Waals surface area contributed by atoms with Gasteiger partial charge in [-0.15, -0.1) is 0 Å². The van der Waals surface area contributed by atoms with Crippen LogP contribution in [0.4, 0.5) is 0 Å². The Labute approximate surface area is 211 Å². The van der Waals surface area contributed by atoms with Crippen molar-refractivity contribution in [3.8, 4) is 0 Å². The number of aliphatic hydroxyl groups excluding tert-OH is 1. The fourth-order valence-corrected chi connectivity index (χ4v) is 5.53. The van der Waals surface area contributed by atoms with Gasteiger partial charge < -0.3 is 10.4 Å². The minimum Gasteiger partial charge on any atom is -0.386 e. The topological polar surface area (TPSA) is 95.5 Å². The second kappa shape index (κ2) is 15.7. The number of benzene rings is 2. The number of unbranched alkanes of at least 4 members (excludes halogenated alkanes) is 6. The lowest BCUT2D eigenvalue weighted by atomic mass is 9.95. The summed E-state index contributed by atoms with van der Waals surface area (Å²) >= 11 is 0. The van der Waals surface area contributed by atoms with E-state index in [2.05, 4.69) is 17.0 Å². The summed E-state index contributed by atoms with van der Waals surface area (Å²) in [5.74, 6) is -0.416. The molecule has 1 amide bonds. The van der Waals surface area contributed by atoms with E-state index >= 15 is 0 Å². The third-order valence-corrected chi connectivity index (χ3v) is 7.63. The van der Waals surface area contributed by atoms with Gasteiger partial charge in [-0.05, 0) is 24.0 Å². The van der Waals surface area contributed by atoms with E-state index < -0.39 is 34.1 Å². The second-order valence-corrected chi connectivity index (χ2v) is 11.0. The zero-order valence-electron chi connectivity index (χ0n) is 21.2. The second-order valence-electron chi connectivity index (χ2n) is 9.15. The van der Waals surface area contributed by atoms with Crippen LogP contribution in [-0.4, -0.2) is 31.2 Å². The zero-order chi connectivity index (χ0) is 25.5. The maximum Gasteiger partial charge on any atom is 0.238 e. The van der Waals surface area contributed by atoms with Crippen LogP contribution in [0.5, 0.6) is 0 Å². The minimum absolute atomic E-state index is 0.00145. The molecule has 0 fully saturated rings. The molecule has 0 heterocycles. The van der Waals surface area contributed by atoms with Gasteiger partial charge in [0.25, 0.3) is 0 Å². The lowest BCUT2D eigenvalue weighted by Crippen LogP contribution is -2.49. The van der Waals surface area contributed by atoms with Crippen LogP contribution in [-0.2, 0) is 14.8 Å². The predicted molar refractivity (Wildman–Crippen MR) is 142 cm³/mol. The average Bonchev–Trinajstić information content (AvgIpc) is 2.87. The molecule has 0 radical (unpaired) electrons. The van der Waals surface area contributed by atoms with Crippen LogP contribution in [0.25, 0.3) is 0 Å². The van der Waals surface area contributed by atoms with E-state index in [1.165, 1.54) is 6.42 Å². The van der Waals surface area contributed by atoms with Crippen molar-refractivity contribution in [2.75, 3.05) is 5.75 Å². The van der Waals surface area contributed by atoms with Gasteiger partial charge in [-0.3, -0.25) is 4.79 Å². The molecule has 3 atom stereocenters. The van der Waals surface area contributed by atoms with Gasteiger partial charge in [-0.1, -0.05) is 119 Å². The Morgan fingerprint density at radius 1 is 0.800 bits per heavy atom. The largest absolute Gasteiger partial charge is 0.386 e. The van der Waals surface area contributed by atoms with E-state index in [1.807, 2.05) is 67.6 Å². The Kier molecular flexibility index (Phi) is 13.0. The Morgan fingerprint density at radius 3 is 1.94 bits per heavy atom. The van der Waals surface area contributed by atoms with Crippen molar-refractivity contribution < 1.29 is 18.3 Å². The fraction of sp³-hybridized carbons (Fsp3) is 0.536. The SMILES string of the molecule is CCCCCCCCC(NS(=O)(=O)CCCC)C(=O)NC(c1ccccc1)C(O)c1ccccc1. The van der Waals surface area contributed by atoms with Crippen LogP contribution in [0, 0.1) is 0 Å². The highest BCUT2D eigenvalue weighted by Crippen LogP contribution is 2.29. The van der Waals surface area contributed by atoms with E-state index in [4.69, 9.17) is 0 Å². The Hall–Kier alpha value is -2.22. The van der Waals surface area contributed by atoms with E-state index in [1.54, 1.807) is 0 Å². The molecule has 3 unspecified atom stereocenters. The molecule has 194 valence electrons. The van der Waals surface area contributed by atoms with Crippen LogP contribution in [0.1, 0.15) is 94.9 Å². The van der Waals surface area contributed by atoms with Crippen molar-refractivity contribution in [3.63, 3.8) is 0 Å². The Morgan fingerprint density at radius 2 is 1.34 bits per heavy atom. The highest BCUT2D eigenvalue weighted by atomic mass is 32.2. The first kappa shape index (κ1) is 29.0. The number of carbonyl (C=O) groups is 1. The first-order valence-electron chi connectivity index (χ1n) is 13.0. The number of aliphatic hydroxyl groups is 1. The summed E-state index contributed by atoms with van der Waals surface area (Å²) in [6.45, 7) is 4.10. The lowest BCUT2D eigenvalue weighted by Gasteiger charge is -2.27. The molecular weight excluding hydrogens is 460 g/mol. The number of rotatable bonds is 17. The number of carbonyl (C=O) groups excluding carboxylic acids is 1. The van der Waals surface area contributed by atoms with E-state index in [0.717, 1.165) is 44.1 Å². The number of nitrogens with one attached hydrogen (secondary N) is 2. The Bertz CT molecular complexity index is 951. The number of hydrogen-bond acceptors (Lipinski definition) is 4. The molecular formula is C28H42N2O4S. The maximum atomic E-state index is 13.4. The van der Waals surface area contributed by atoms with Crippen molar-refractivity contribution in [3.05, 3.63) is 71.8 Å².